The fourth-order valence-electron chi connectivity index (χ4n) is 1.43. The first-order valence-corrected chi connectivity index (χ1v) is 5.00. The van der Waals surface area contributed by atoms with E-state index in [4.69, 9.17) is 5.73 Å². The van der Waals surface area contributed by atoms with Gasteiger partial charge < -0.3 is 15.5 Å². The smallest absolute Gasteiger partial charge is 0.248 e. The van der Waals surface area contributed by atoms with Crippen molar-refractivity contribution in [1.29, 1.82) is 0 Å². The third-order valence-electron chi connectivity index (χ3n) is 2.62. The summed E-state index contributed by atoms with van der Waals surface area (Å²) in [6, 6.07) is -1.08. The third kappa shape index (κ3) is 2.18. The number of amides is 2. The van der Waals surface area contributed by atoms with Crippen LogP contribution in [0.5, 0.6) is 0 Å². The van der Waals surface area contributed by atoms with Crippen LogP contribution in [-0.4, -0.2) is 47.3 Å². The van der Waals surface area contributed by atoms with Crippen molar-refractivity contribution in [1.82, 2.24) is 9.80 Å². The third-order valence-corrected chi connectivity index (χ3v) is 2.62. The van der Waals surface area contributed by atoms with Gasteiger partial charge in [-0.2, -0.15) is 0 Å². The summed E-state index contributed by atoms with van der Waals surface area (Å²) >= 11 is 0. The number of nitrogens with zero attached hydrogens (tertiary/aromatic N) is 2. The molecule has 0 saturated carbocycles. The van der Waals surface area contributed by atoms with Gasteiger partial charge in [-0.25, -0.2) is 0 Å². The Kier molecular flexibility index (Phi) is 3.47. The summed E-state index contributed by atoms with van der Waals surface area (Å²) in [7, 11) is 1.71. The Hall–Kier alpha value is -1.36. The average Bonchev–Trinajstić information content (AvgIpc) is 2.56. The topological polar surface area (TPSA) is 66.6 Å². The molecule has 2 amide bonds. The lowest BCUT2D eigenvalue weighted by Gasteiger charge is -2.26. The summed E-state index contributed by atoms with van der Waals surface area (Å²) in [6.07, 6.45) is 3.18. The van der Waals surface area contributed by atoms with Crippen LogP contribution in [0.4, 0.5) is 0 Å². The molecule has 1 aliphatic heterocycles. The van der Waals surface area contributed by atoms with Crippen LogP contribution in [0.1, 0.15) is 13.8 Å². The summed E-state index contributed by atoms with van der Waals surface area (Å²) < 4.78 is 0. The first-order chi connectivity index (χ1) is 6.99. The second kappa shape index (κ2) is 4.44. The van der Waals surface area contributed by atoms with Gasteiger partial charge in [0, 0.05) is 19.8 Å². The van der Waals surface area contributed by atoms with E-state index in [1.807, 2.05) is 6.92 Å². The molecule has 1 rings (SSSR count). The van der Waals surface area contributed by atoms with Crippen LogP contribution in [0.15, 0.2) is 12.3 Å². The highest BCUT2D eigenvalue weighted by atomic mass is 16.2. The highest BCUT2D eigenvalue weighted by molar-refractivity contribution is 5.92. The van der Waals surface area contributed by atoms with Gasteiger partial charge in [-0.15, -0.1) is 0 Å². The minimum absolute atomic E-state index is 0.0791. The monoisotopic (exact) mass is 211 g/mol. The van der Waals surface area contributed by atoms with E-state index in [-0.39, 0.29) is 11.8 Å². The number of carbonyl (C=O) groups is 2. The predicted molar refractivity (Wildman–Crippen MR) is 56.7 cm³/mol. The Morgan fingerprint density at radius 2 is 2.33 bits per heavy atom. The molecule has 1 heterocycles. The second-order valence-corrected chi connectivity index (χ2v) is 3.64. The fraction of sp³-hybridized carbons (Fsp3) is 0.600. The predicted octanol–water partition coefficient (Wildman–Crippen LogP) is -0.464. The van der Waals surface area contributed by atoms with Crippen molar-refractivity contribution >= 4 is 11.8 Å². The molecule has 0 unspecified atom stereocenters. The molecule has 0 aromatic heterocycles. The van der Waals surface area contributed by atoms with E-state index in [1.165, 1.54) is 4.90 Å². The zero-order chi connectivity index (χ0) is 11.6. The van der Waals surface area contributed by atoms with Crippen LogP contribution < -0.4 is 5.73 Å². The fourth-order valence-corrected chi connectivity index (χ4v) is 1.43. The largest absolute Gasteiger partial charge is 0.344 e. The molecule has 15 heavy (non-hydrogen) atoms. The van der Waals surface area contributed by atoms with Crippen molar-refractivity contribution in [2.24, 2.45) is 5.73 Å². The van der Waals surface area contributed by atoms with E-state index in [0.717, 1.165) is 0 Å². The van der Waals surface area contributed by atoms with Crippen molar-refractivity contribution in [3.8, 4) is 0 Å². The van der Waals surface area contributed by atoms with Crippen LogP contribution in [0.3, 0.4) is 0 Å². The van der Waals surface area contributed by atoms with Gasteiger partial charge in [0.15, 0.2) is 0 Å². The number of carbonyl (C=O) groups excluding carboxylic acids is 2. The first kappa shape index (κ1) is 11.7. The van der Waals surface area contributed by atoms with Crippen LogP contribution in [0, 0.1) is 0 Å². The summed E-state index contributed by atoms with van der Waals surface area (Å²) in [5.74, 6) is -0.301. The van der Waals surface area contributed by atoms with Gasteiger partial charge in [-0.05, 0) is 19.9 Å². The lowest BCUT2D eigenvalue weighted by Crippen LogP contribution is -2.47. The molecule has 0 aromatic rings. The van der Waals surface area contributed by atoms with Crippen molar-refractivity contribution < 1.29 is 9.59 Å². The van der Waals surface area contributed by atoms with Crippen molar-refractivity contribution in [2.45, 2.75) is 25.9 Å². The van der Waals surface area contributed by atoms with E-state index in [9.17, 15) is 9.59 Å². The van der Waals surface area contributed by atoms with Crippen molar-refractivity contribution in [3.63, 3.8) is 0 Å². The van der Waals surface area contributed by atoms with E-state index in [0.29, 0.717) is 6.54 Å². The van der Waals surface area contributed by atoms with Crippen LogP contribution in [0.25, 0.3) is 0 Å². The Bertz CT molecular complexity index is 301. The molecule has 2 atom stereocenters. The number of rotatable bonds is 3. The standard InChI is InChI=1S/C10H17N3O2/c1-4-12(3)9(14)7(2)13-6-5-8(11)10(13)15/h5-8H,4,11H2,1-3H3/t7-,8-/m0/s1. The summed E-state index contributed by atoms with van der Waals surface area (Å²) in [6.45, 7) is 4.22. The van der Waals surface area contributed by atoms with Crippen LogP contribution >= 0.6 is 0 Å². The SMILES string of the molecule is CCN(C)C(=O)[C@H](C)N1C=C[C@H](N)C1=O. The lowest BCUT2D eigenvalue weighted by atomic mass is 10.2. The Labute approximate surface area is 89.5 Å². The maximum Gasteiger partial charge on any atom is 0.248 e. The van der Waals surface area contributed by atoms with Gasteiger partial charge in [0.05, 0.1) is 0 Å². The number of likely N-dealkylation sites (N-methyl/N-ethyl adjacent to an activating group) is 1. The Morgan fingerprint density at radius 3 is 2.73 bits per heavy atom. The van der Waals surface area contributed by atoms with Gasteiger partial charge in [0.2, 0.25) is 11.8 Å². The summed E-state index contributed by atoms with van der Waals surface area (Å²) in [4.78, 5) is 26.3. The molecular formula is C10H17N3O2. The van der Waals surface area contributed by atoms with E-state index >= 15 is 0 Å². The molecule has 84 valence electrons. The van der Waals surface area contributed by atoms with Gasteiger partial charge in [0.1, 0.15) is 12.1 Å². The molecule has 0 bridgehead atoms. The Morgan fingerprint density at radius 1 is 1.73 bits per heavy atom. The second-order valence-electron chi connectivity index (χ2n) is 3.64. The number of nitrogens with two attached hydrogens (primary N) is 1. The maximum absolute atomic E-state index is 11.8. The van der Waals surface area contributed by atoms with Crippen molar-refractivity contribution in [3.05, 3.63) is 12.3 Å². The Balaban J connectivity index is 2.70. The highest BCUT2D eigenvalue weighted by Crippen LogP contribution is 2.12. The number of hydrogen-bond acceptors (Lipinski definition) is 3. The summed E-state index contributed by atoms with van der Waals surface area (Å²) in [5.41, 5.74) is 5.51. The molecule has 1 aliphatic rings. The molecule has 0 fully saturated rings. The quantitative estimate of drug-likeness (QED) is 0.686. The molecule has 0 aromatic carbocycles. The van der Waals surface area contributed by atoms with Gasteiger partial charge in [-0.3, -0.25) is 9.59 Å². The van der Waals surface area contributed by atoms with E-state index in [1.54, 1.807) is 31.1 Å². The minimum Gasteiger partial charge on any atom is -0.344 e. The van der Waals surface area contributed by atoms with Gasteiger partial charge in [-0.1, -0.05) is 0 Å². The van der Waals surface area contributed by atoms with Gasteiger partial charge in [0.25, 0.3) is 0 Å². The molecule has 0 saturated heterocycles. The van der Waals surface area contributed by atoms with E-state index in [2.05, 4.69) is 0 Å². The molecule has 2 N–H and O–H groups in total. The van der Waals surface area contributed by atoms with Crippen LogP contribution in [0.2, 0.25) is 0 Å². The average molecular weight is 211 g/mol. The lowest BCUT2D eigenvalue weighted by molar-refractivity contribution is -0.140. The normalized spacial score (nSPS) is 22.0. The zero-order valence-corrected chi connectivity index (χ0v) is 9.30. The van der Waals surface area contributed by atoms with Gasteiger partial charge >= 0.3 is 0 Å². The summed E-state index contributed by atoms with van der Waals surface area (Å²) in [5, 5.41) is 0. The molecular weight excluding hydrogens is 194 g/mol. The maximum atomic E-state index is 11.8. The minimum atomic E-state index is -0.604. The molecule has 0 spiro atoms. The first-order valence-electron chi connectivity index (χ1n) is 5.00. The van der Waals surface area contributed by atoms with Crippen molar-refractivity contribution in [2.75, 3.05) is 13.6 Å². The van der Waals surface area contributed by atoms with E-state index < -0.39 is 12.1 Å². The zero-order valence-electron chi connectivity index (χ0n) is 9.30. The number of hydrogen-bond donors (Lipinski definition) is 1. The molecule has 0 aliphatic carbocycles. The highest BCUT2D eigenvalue weighted by Gasteiger charge is 2.31. The molecule has 5 nitrogen and oxygen atoms in total. The van der Waals surface area contributed by atoms with Crippen LogP contribution in [-0.2, 0) is 9.59 Å². The molecule has 5 heteroatoms. The molecule has 0 radical (unpaired) electrons.